The zero-order chi connectivity index (χ0) is 26.7. The fourth-order valence-electron chi connectivity index (χ4n) is 6.62. The van der Waals surface area contributed by atoms with Gasteiger partial charge in [-0.05, 0) is 67.1 Å². The summed E-state index contributed by atoms with van der Waals surface area (Å²) in [5.41, 5.74) is 10.9. The fraction of sp³-hybridized carbons (Fsp3) is 0.344. The van der Waals surface area contributed by atoms with Crippen LogP contribution in [0.1, 0.15) is 45.1 Å². The molecule has 0 bridgehead atoms. The average molecular weight is 523 g/mol. The standard InChI is InChI=1S/C32H35FN6/c1-19-14-25(30-31-24(8-9-35-30)23-6-4-5-7-26(23)36-31)29-27(15-19)39(32(37-29)38-12-10-34-11-13-38)18-22-16-20(2)28(33)21(3)17-22/h4-7,14-17,30,34-36H,8-13,18H2,1-3H3. The molecule has 0 aliphatic carbocycles. The van der Waals surface area contributed by atoms with Crippen molar-refractivity contribution in [3.63, 3.8) is 0 Å². The molecule has 1 fully saturated rings. The molecule has 7 heteroatoms. The highest BCUT2D eigenvalue weighted by atomic mass is 19.1. The van der Waals surface area contributed by atoms with E-state index in [4.69, 9.17) is 4.98 Å². The Hall–Kier alpha value is -3.68. The number of anilines is 1. The van der Waals surface area contributed by atoms with E-state index in [0.29, 0.717) is 17.7 Å². The molecule has 4 heterocycles. The number of rotatable bonds is 4. The SMILES string of the molecule is Cc1cc(C2NCCc3c2[nH]c2ccccc32)c2nc(N3CCNCC3)n(Cc3cc(C)c(F)c(C)c3)c2c1. The van der Waals surface area contributed by atoms with Crippen LogP contribution in [0.15, 0.2) is 48.5 Å². The predicted molar refractivity (Wildman–Crippen MR) is 156 cm³/mol. The first-order chi connectivity index (χ1) is 19.0. The molecule has 39 heavy (non-hydrogen) atoms. The maximum atomic E-state index is 14.5. The van der Waals surface area contributed by atoms with Crippen LogP contribution < -0.4 is 15.5 Å². The van der Waals surface area contributed by atoms with Crippen LogP contribution >= 0.6 is 0 Å². The Bertz CT molecular complexity index is 1680. The molecular weight excluding hydrogens is 487 g/mol. The molecule has 1 saturated heterocycles. The van der Waals surface area contributed by atoms with Crippen molar-refractivity contribution in [1.82, 2.24) is 25.2 Å². The summed E-state index contributed by atoms with van der Waals surface area (Å²) in [4.78, 5) is 11.5. The largest absolute Gasteiger partial charge is 0.357 e. The number of hydrogen-bond acceptors (Lipinski definition) is 4. The average Bonchev–Trinajstić information content (AvgIpc) is 3.50. The van der Waals surface area contributed by atoms with Crippen molar-refractivity contribution < 1.29 is 4.39 Å². The number of H-pyrrole nitrogens is 1. The van der Waals surface area contributed by atoms with E-state index in [-0.39, 0.29) is 11.9 Å². The molecule has 1 atom stereocenters. The molecule has 0 radical (unpaired) electrons. The van der Waals surface area contributed by atoms with Gasteiger partial charge in [-0.3, -0.25) is 0 Å². The van der Waals surface area contributed by atoms with E-state index in [9.17, 15) is 4.39 Å². The predicted octanol–water partition coefficient (Wildman–Crippen LogP) is 5.27. The molecule has 200 valence electrons. The zero-order valence-corrected chi connectivity index (χ0v) is 22.9. The molecule has 7 rings (SSSR count). The number of aryl methyl sites for hydroxylation is 3. The minimum Gasteiger partial charge on any atom is -0.357 e. The third-order valence-electron chi connectivity index (χ3n) is 8.41. The second kappa shape index (κ2) is 9.50. The highest BCUT2D eigenvalue weighted by Gasteiger charge is 2.29. The van der Waals surface area contributed by atoms with Gasteiger partial charge in [0.1, 0.15) is 5.82 Å². The lowest BCUT2D eigenvalue weighted by Gasteiger charge is -2.29. The molecular formula is C32H35FN6. The lowest BCUT2D eigenvalue weighted by atomic mass is 9.92. The zero-order valence-electron chi connectivity index (χ0n) is 22.9. The second-order valence-corrected chi connectivity index (χ2v) is 11.2. The molecule has 2 aromatic heterocycles. The highest BCUT2D eigenvalue weighted by molar-refractivity contribution is 5.87. The summed E-state index contributed by atoms with van der Waals surface area (Å²) < 4.78 is 16.8. The maximum Gasteiger partial charge on any atom is 0.206 e. The van der Waals surface area contributed by atoms with Crippen LogP contribution in [0.4, 0.5) is 10.3 Å². The van der Waals surface area contributed by atoms with Crippen LogP contribution in [0.5, 0.6) is 0 Å². The number of aromatic nitrogens is 3. The van der Waals surface area contributed by atoms with Gasteiger partial charge in [0.2, 0.25) is 5.95 Å². The summed E-state index contributed by atoms with van der Waals surface area (Å²) >= 11 is 0. The first-order valence-corrected chi connectivity index (χ1v) is 14.0. The lowest BCUT2D eigenvalue weighted by molar-refractivity contribution is 0.562. The first-order valence-electron chi connectivity index (χ1n) is 14.0. The van der Waals surface area contributed by atoms with Gasteiger partial charge in [-0.15, -0.1) is 0 Å². The van der Waals surface area contributed by atoms with Crippen molar-refractivity contribution >= 4 is 27.9 Å². The van der Waals surface area contributed by atoms with Gasteiger partial charge < -0.3 is 25.1 Å². The summed E-state index contributed by atoms with van der Waals surface area (Å²) in [6.07, 6.45) is 1.01. The Labute approximate surface area is 228 Å². The Morgan fingerprint density at radius 1 is 0.974 bits per heavy atom. The number of imidazole rings is 1. The van der Waals surface area contributed by atoms with E-state index in [1.807, 2.05) is 26.0 Å². The van der Waals surface area contributed by atoms with Crippen molar-refractivity contribution in [3.05, 3.63) is 93.4 Å². The van der Waals surface area contributed by atoms with E-state index in [0.717, 1.165) is 61.7 Å². The minimum absolute atomic E-state index is 0.0399. The van der Waals surface area contributed by atoms with Crippen LogP contribution in [0.25, 0.3) is 21.9 Å². The summed E-state index contributed by atoms with van der Waals surface area (Å²) in [5, 5.41) is 8.59. The number of benzene rings is 3. The summed E-state index contributed by atoms with van der Waals surface area (Å²) in [6, 6.07) is 17.2. The minimum atomic E-state index is -0.118. The van der Waals surface area contributed by atoms with E-state index in [2.05, 4.69) is 68.4 Å². The number of fused-ring (bicyclic) bond motifs is 4. The number of nitrogens with zero attached hydrogens (tertiary/aromatic N) is 3. The van der Waals surface area contributed by atoms with E-state index >= 15 is 0 Å². The number of hydrogen-bond donors (Lipinski definition) is 3. The lowest BCUT2D eigenvalue weighted by Crippen LogP contribution is -2.44. The summed E-state index contributed by atoms with van der Waals surface area (Å²) in [5.74, 6) is 0.873. The van der Waals surface area contributed by atoms with Crippen LogP contribution in [0.3, 0.4) is 0 Å². The molecule has 1 unspecified atom stereocenters. The Morgan fingerprint density at radius 3 is 2.54 bits per heavy atom. The van der Waals surface area contributed by atoms with Gasteiger partial charge in [-0.1, -0.05) is 36.4 Å². The van der Waals surface area contributed by atoms with Crippen molar-refractivity contribution in [2.75, 3.05) is 37.6 Å². The van der Waals surface area contributed by atoms with Gasteiger partial charge in [0.05, 0.1) is 23.6 Å². The third-order valence-corrected chi connectivity index (χ3v) is 8.41. The molecule has 2 aliphatic heterocycles. The monoisotopic (exact) mass is 522 g/mol. The number of para-hydroxylation sites is 1. The molecule has 0 saturated carbocycles. The van der Waals surface area contributed by atoms with Crippen molar-refractivity contribution in [2.24, 2.45) is 0 Å². The molecule has 2 aliphatic rings. The van der Waals surface area contributed by atoms with Gasteiger partial charge in [0.15, 0.2) is 0 Å². The molecule has 0 amide bonds. The molecule has 0 spiro atoms. The van der Waals surface area contributed by atoms with Gasteiger partial charge in [-0.25, -0.2) is 9.37 Å². The van der Waals surface area contributed by atoms with Crippen molar-refractivity contribution in [3.8, 4) is 0 Å². The van der Waals surface area contributed by atoms with Crippen LogP contribution in [-0.4, -0.2) is 47.3 Å². The Balaban J connectivity index is 1.42. The van der Waals surface area contributed by atoms with E-state index in [1.54, 1.807) is 0 Å². The number of halogens is 1. The van der Waals surface area contributed by atoms with Crippen molar-refractivity contribution in [2.45, 2.75) is 39.8 Å². The van der Waals surface area contributed by atoms with E-state index < -0.39 is 0 Å². The second-order valence-electron chi connectivity index (χ2n) is 11.2. The van der Waals surface area contributed by atoms with Gasteiger partial charge in [0, 0.05) is 54.9 Å². The molecule has 3 N–H and O–H groups in total. The Kier molecular flexibility index (Phi) is 5.94. The van der Waals surface area contributed by atoms with Crippen molar-refractivity contribution in [1.29, 1.82) is 0 Å². The summed E-state index contributed by atoms with van der Waals surface area (Å²) in [6.45, 7) is 11.1. The smallest absolute Gasteiger partial charge is 0.206 e. The first kappa shape index (κ1) is 24.4. The number of nitrogens with one attached hydrogen (secondary N) is 3. The topological polar surface area (TPSA) is 60.9 Å². The number of aromatic amines is 1. The van der Waals surface area contributed by atoms with Gasteiger partial charge in [0.25, 0.3) is 0 Å². The molecule has 5 aromatic rings. The normalized spacial score (nSPS) is 17.7. The van der Waals surface area contributed by atoms with E-state index in [1.165, 1.54) is 33.3 Å². The van der Waals surface area contributed by atoms with Crippen LogP contribution in [0, 0.1) is 26.6 Å². The maximum absolute atomic E-state index is 14.5. The summed E-state index contributed by atoms with van der Waals surface area (Å²) in [7, 11) is 0. The molecule has 6 nitrogen and oxygen atoms in total. The highest BCUT2D eigenvalue weighted by Crippen LogP contribution is 2.38. The quantitative estimate of drug-likeness (QED) is 0.301. The fourth-order valence-corrected chi connectivity index (χ4v) is 6.62. The van der Waals surface area contributed by atoms with Gasteiger partial charge in [-0.2, -0.15) is 0 Å². The van der Waals surface area contributed by atoms with Gasteiger partial charge >= 0.3 is 0 Å². The Morgan fingerprint density at radius 2 is 1.74 bits per heavy atom. The molecule has 3 aromatic carbocycles. The number of piperazine rings is 1. The van der Waals surface area contributed by atoms with Crippen LogP contribution in [-0.2, 0) is 13.0 Å². The van der Waals surface area contributed by atoms with Crippen LogP contribution in [0.2, 0.25) is 0 Å². The third kappa shape index (κ3) is 4.12.